The van der Waals surface area contributed by atoms with Crippen molar-refractivity contribution in [1.29, 1.82) is 0 Å². The molecule has 3 atom stereocenters. The molecule has 4 aliphatic rings. The zero-order valence-corrected chi connectivity index (χ0v) is 29.7. The Bertz CT molecular complexity index is 2480. The molecule has 1 fully saturated rings. The van der Waals surface area contributed by atoms with Gasteiger partial charge < -0.3 is 0 Å². The van der Waals surface area contributed by atoms with Gasteiger partial charge in [-0.2, -0.15) is 0 Å². The average molecular weight is 645 g/mol. The van der Waals surface area contributed by atoms with E-state index in [1.54, 1.807) is 16.7 Å². The maximum Gasteiger partial charge on any atom is 0.0129 e. The van der Waals surface area contributed by atoms with E-state index in [1.807, 2.05) is 0 Å². The van der Waals surface area contributed by atoms with Gasteiger partial charge in [0.15, 0.2) is 0 Å². The van der Waals surface area contributed by atoms with Crippen LogP contribution in [0.3, 0.4) is 0 Å². The Morgan fingerprint density at radius 2 is 1.28 bits per heavy atom. The van der Waals surface area contributed by atoms with Gasteiger partial charge in [0.1, 0.15) is 0 Å². The van der Waals surface area contributed by atoms with Crippen LogP contribution in [0.2, 0.25) is 0 Å². The lowest BCUT2D eigenvalue weighted by Crippen LogP contribution is -2.38. The maximum atomic E-state index is 2.56. The largest absolute Gasteiger partial charge is 0.0643 e. The van der Waals surface area contributed by atoms with Crippen molar-refractivity contribution in [2.24, 2.45) is 23.2 Å². The molecular weight excluding hydrogens is 601 g/mol. The molecule has 0 nitrogen and oxygen atoms in total. The van der Waals surface area contributed by atoms with Gasteiger partial charge in [-0.3, -0.25) is 0 Å². The highest BCUT2D eigenvalue weighted by Crippen LogP contribution is 2.57. The third kappa shape index (κ3) is 4.57. The van der Waals surface area contributed by atoms with Gasteiger partial charge in [-0.25, -0.2) is 0 Å². The van der Waals surface area contributed by atoms with Crippen LogP contribution in [0.15, 0.2) is 150 Å². The van der Waals surface area contributed by atoms with Crippen LogP contribution in [-0.4, -0.2) is 0 Å². The number of allylic oxidation sites excluding steroid dienone is 10. The monoisotopic (exact) mass is 644 g/mol. The van der Waals surface area contributed by atoms with Crippen molar-refractivity contribution in [1.82, 2.24) is 0 Å². The molecule has 0 spiro atoms. The van der Waals surface area contributed by atoms with E-state index in [2.05, 4.69) is 155 Å². The first-order valence-corrected chi connectivity index (χ1v) is 18.8. The van der Waals surface area contributed by atoms with E-state index < -0.39 is 0 Å². The molecule has 0 heterocycles. The molecule has 3 unspecified atom stereocenters. The summed E-state index contributed by atoms with van der Waals surface area (Å²) in [4.78, 5) is 0. The van der Waals surface area contributed by atoms with Crippen molar-refractivity contribution in [3.63, 3.8) is 0 Å². The summed E-state index contributed by atoms with van der Waals surface area (Å²) in [7, 11) is 0. The Hall–Kier alpha value is -4.94. The van der Waals surface area contributed by atoms with Crippen LogP contribution in [0.1, 0.15) is 58.1 Å². The molecule has 6 aromatic rings. The molecule has 0 aliphatic heterocycles. The van der Waals surface area contributed by atoms with Crippen LogP contribution in [0.4, 0.5) is 0 Å². The fourth-order valence-corrected chi connectivity index (χ4v) is 9.94. The van der Waals surface area contributed by atoms with Crippen LogP contribution in [0, 0.1) is 23.2 Å². The fraction of sp³-hybridized carbons (Fsp3) is 0.240. The molecule has 4 aliphatic carbocycles. The number of hydrogen-bond donors (Lipinski definition) is 0. The van der Waals surface area contributed by atoms with Crippen LogP contribution in [0.5, 0.6) is 0 Å². The highest BCUT2D eigenvalue weighted by molar-refractivity contribution is 6.25. The minimum absolute atomic E-state index is 0.244. The summed E-state index contributed by atoms with van der Waals surface area (Å²) in [5.74, 6) is 1.92. The Labute approximate surface area is 296 Å². The first-order valence-electron chi connectivity index (χ1n) is 18.8. The Balaban J connectivity index is 0.955. The molecule has 1 saturated carbocycles. The molecule has 10 rings (SSSR count). The highest BCUT2D eigenvalue weighted by atomic mass is 14.5. The van der Waals surface area contributed by atoms with Gasteiger partial charge in [-0.05, 0) is 125 Å². The zero-order chi connectivity index (χ0) is 33.7. The SMILES string of the molecule is CCc1cc2ccc3ccc(-c4ccc(-c5ccc(C6=C7CCC8CC(C(C)(C)C)=CC9=CC=C(C=C6)C7C98)cc5)cc4)c4ccc(c1)c2c34. The van der Waals surface area contributed by atoms with Gasteiger partial charge >= 0.3 is 0 Å². The quantitative estimate of drug-likeness (QED) is 0.168. The van der Waals surface area contributed by atoms with E-state index in [-0.39, 0.29) is 5.41 Å². The normalized spacial score (nSPS) is 21.4. The van der Waals surface area contributed by atoms with Crippen LogP contribution >= 0.6 is 0 Å². The summed E-state index contributed by atoms with van der Waals surface area (Å²) in [6.07, 6.45) is 17.0. The average Bonchev–Trinajstić information content (AvgIpc) is 3.15. The van der Waals surface area contributed by atoms with Gasteiger partial charge in [0, 0.05) is 5.92 Å². The Kier molecular flexibility index (Phi) is 6.60. The van der Waals surface area contributed by atoms with Crippen LogP contribution < -0.4 is 0 Å². The summed E-state index contributed by atoms with van der Waals surface area (Å²) >= 11 is 0. The lowest BCUT2D eigenvalue weighted by Gasteiger charge is -2.49. The molecule has 0 radical (unpaired) electrons. The number of hydrogen-bond acceptors (Lipinski definition) is 0. The summed E-state index contributed by atoms with van der Waals surface area (Å²) < 4.78 is 0. The van der Waals surface area contributed by atoms with Crippen molar-refractivity contribution in [3.8, 4) is 22.3 Å². The Morgan fingerprint density at radius 1 is 0.640 bits per heavy atom. The highest BCUT2D eigenvalue weighted by Gasteiger charge is 2.45. The first kappa shape index (κ1) is 29.9. The van der Waals surface area contributed by atoms with Crippen molar-refractivity contribution in [2.45, 2.75) is 53.4 Å². The minimum atomic E-state index is 0.244. The lowest BCUT2D eigenvalue weighted by molar-refractivity contribution is 0.240. The third-order valence-electron chi connectivity index (χ3n) is 12.6. The van der Waals surface area contributed by atoms with Crippen molar-refractivity contribution in [3.05, 3.63) is 161 Å². The predicted octanol–water partition coefficient (Wildman–Crippen LogP) is 13.7. The Morgan fingerprint density at radius 3 is 2.00 bits per heavy atom. The van der Waals surface area contributed by atoms with Gasteiger partial charge in [0.25, 0.3) is 0 Å². The van der Waals surface area contributed by atoms with E-state index >= 15 is 0 Å². The second-order valence-corrected chi connectivity index (χ2v) is 16.3. The summed E-state index contributed by atoms with van der Waals surface area (Å²) in [5, 5.41) is 8.13. The van der Waals surface area contributed by atoms with E-state index in [1.165, 1.54) is 96.1 Å². The second kappa shape index (κ2) is 11.0. The number of rotatable bonds is 4. The van der Waals surface area contributed by atoms with E-state index in [9.17, 15) is 0 Å². The maximum absolute atomic E-state index is 2.56. The topological polar surface area (TPSA) is 0 Å². The molecule has 0 N–H and O–H groups in total. The van der Waals surface area contributed by atoms with Crippen molar-refractivity contribution in [2.75, 3.05) is 0 Å². The smallest absolute Gasteiger partial charge is 0.0129 e. The van der Waals surface area contributed by atoms with Crippen LogP contribution in [0.25, 0.3) is 60.1 Å². The molecule has 244 valence electrons. The zero-order valence-electron chi connectivity index (χ0n) is 29.7. The standard InChI is InChI=1S/C50H44/c1-5-30-26-37-16-14-35-18-22-42(44-24-20-38(27-30)46(37)48(35)44)33-10-6-31(7-11-33)32-8-12-34(13-9-32)43-23-19-36-15-17-39-28-41(50(2,3)4)29-40-21-25-45(43)49(36)47(39)40/h6-20,22-24,26-28,40,47,49H,5,21,25,29H2,1-4H3. The summed E-state index contributed by atoms with van der Waals surface area (Å²) in [6, 6.07) is 37.2. The fourth-order valence-electron chi connectivity index (χ4n) is 9.94. The van der Waals surface area contributed by atoms with E-state index in [0.29, 0.717) is 11.8 Å². The molecule has 0 aromatic heterocycles. The lowest BCUT2D eigenvalue weighted by atomic mass is 9.55. The minimum Gasteiger partial charge on any atom is -0.0643 e. The summed E-state index contributed by atoms with van der Waals surface area (Å²) in [6.45, 7) is 9.39. The van der Waals surface area contributed by atoms with Crippen molar-refractivity contribution >= 4 is 37.9 Å². The van der Waals surface area contributed by atoms with E-state index in [0.717, 1.165) is 12.3 Å². The molecule has 50 heavy (non-hydrogen) atoms. The molecule has 0 heteroatoms. The van der Waals surface area contributed by atoms with Gasteiger partial charge in [-0.1, -0.05) is 166 Å². The summed E-state index contributed by atoms with van der Waals surface area (Å²) in [5.41, 5.74) is 15.9. The van der Waals surface area contributed by atoms with Gasteiger partial charge in [0.2, 0.25) is 0 Å². The van der Waals surface area contributed by atoms with Gasteiger partial charge in [-0.15, -0.1) is 0 Å². The number of aryl methyl sites for hydroxylation is 1. The second-order valence-electron chi connectivity index (χ2n) is 16.3. The number of benzene rings is 6. The van der Waals surface area contributed by atoms with E-state index in [4.69, 9.17) is 0 Å². The molecular formula is C50H44. The molecule has 0 saturated heterocycles. The molecule has 0 bridgehead atoms. The molecule has 6 aromatic carbocycles. The van der Waals surface area contributed by atoms with Crippen LogP contribution in [-0.2, 0) is 6.42 Å². The predicted molar refractivity (Wildman–Crippen MR) is 214 cm³/mol. The molecule has 0 amide bonds. The first-order chi connectivity index (χ1) is 24.3. The van der Waals surface area contributed by atoms with Crippen molar-refractivity contribution < 1.29 is 0 Å². The van der Waals surface area contributed by atoms with Gasteiger partial charge in [0.05, 0.1) is 0 Å². The third-order valence-corrected chi connectivity index (χ3v) is 12.6.